The van der Waals surface area contributed by atoms with E-state index in [0.29, 0.717) is 53.1 Å². The molecule has 2 heterocycles. The quantitative estimate of drug-likeness (QED) is 0.149. The molecule has 2 fully saturated rings. The zero-order valence-electron chi connectivity index (χ0n) is 26.2. The summed E-state index contributed by atoms with van der Waals surface area (Å²) in [5.41, 5.74) is 3.88. The molecule has 2 N–H and O–H groups in total. The molecule has 0 amide bonds. The summed E-state index contributed by atoms with van der Waals surface area (Å²) >= 11 is 0. The molecule has 5 aromatic rings. The molecule has 0 radical (unpaired) electrons. The number of rotatable bonds is 12. The molecule has 1 atom stereocenters. The number of halogens is 2. The summed E-state index contributed by atoms with van der Waals surface area (Å²) in [4.78, 5) is 9.31. The van der Waals surface area contributed by atoms with Crippen LogP contribution in [0, 0.1) is 28.4 Å². The molecule has 2 aliphatic carbocycles. The average molecular weight is 670 g/mol. The van der Waals surface area contributed by atoms with Crippen molar-refractivity contribution in [3.05, 3.63) is 113 Å². The van der Waals surface area contributed by atoms with Crippen molar-refractivity contribution in [3.63, 3.8) is 0 Å². The fraction of sp³-hybridized carbons (Fsp3) is 0.306. The second-order valence-corrected chi connectivity index (χ2v) is 15.0. The fourth-order valence-corrected chi connectivity index (χ4v) is 7.08. The first-order valence-electron chi connectivity index (χ1n) is 15.8. The number of hydrogen-bond acceptors (Lipinski definition) is 7. The molecule has 2 aliphatic rings. The van der Waals surface area contributed by atoms with E-state index in [9.17, 15) is 17.9 Å². The molecule has 0 spiro atoms. The summed E-state index contributed by atoms with van der Waals surface area (Å²) in [5, 5.41) is 19.2. The second-order valence-electron chi connectivity index (χ2n) is 13.0. The summed E-state index contributed by atoms with van der Waals surface area (Å²) in [6, 6.07) is 21.2. The maximum absolute atomic E-state index is 15.7. The lowest BCUT2D eigenvalue weighted by Crippen LogP contribution is -2.31. The van der Waals surface area contributed by atoms with Crippen LogP contribution in [-0.2, 0) is 29.6 Å². The standard InChI is InChI=1S/C36H33F2N5O4S/c1-36(13-14-36)21-43-32-17-25(35(44)42-48(45,46)27-10-11-27)9-12-31(32)40-33(43)18-23-7-8-24(16-29(23)38)30-3-2-4-34(41-30)47-20-26-6-5-22(19-39)15-28(26)37/h2-9,12,15-17,27,35,42,44H,10-11,13-14,18,20-21H2,1H3. The third kappa shape index (κ3) is 6.80. The molecule has 0 aliphatic heterocycles. The van der Waals surface area contributed by atoms with Gasteiger partial charge in [-0.2, -0.15) is 9.98 Å². The smallest absolute Gasteiger partial charge is 0.216 e. The topological polar surface area (TPSA) is 130 Å². The minimum Gasteiger partial charge on any atom is -0.473 e. The number of sulfonamides is 1. The van der Waals surface area contributed by atoms with Crippen molar-refractivity contribution in [1.29, 1.82) is 5.26 Å². The number of benzene rings is 3. The van der Waals surface area contributed by atoms with E-state index in [4.69, 9.17) is 15.0 Å². The van der Waals surface area contributed by atoms with Gasteiger partial charge in [0.1, 0.15) is 30.3 Å². The number of imidazole rings is 1. The Morgan fingerprint density at radius 1 is 1.04 bits per heavy atom. The highest BCUT2D eigenvalue weighted by atomic mass is 32.2. The van der Waals surface area contributed by atoms with Crippen molar-refractivity contribution in [2.24, 2.45) is 5.41 Å². The summed E-state index contributed by atoms with van der Waals surface area (Å²) in [6.45, 7) is 2.76. The molecular formula is C36H33F2N5O4S. The van der Waals surface area contributed by atoms with E-state index in [-0.39, 0.29) is 35.4 Å². The van der Waals surface area contributed by atoms with Gasteiger partial charge in [-0.15, -0.1) is 0 Å². The van der Waals surface area contributed by atoms with Gasteiger partial charge in [0.2, 0.25) is 15.9 Å². The molecule has 1 unspecified atom stereocenters. The van der Waals surface area contributed by atoms with Crippen LogP contribution in [0.1, 0.15) is 66.9 Å². The van der Waals surface area contributed by atoms with Crippen molar-refractivity contribution in [2.75, 3.05) is 0 Å². The molecule has 0 bridgehead atoms. The third-order valence-corrected chi connectivity index (χ3v) is 10.9. The maximum Gasteiger partial charge on any atom is 0.216 e. The number of fused-ring (bicyclic) bond motifs is 1. The van der Waals surface area contributed by atoms with E-state index >= 15 is 4.39 Å². The predicted octanol–water partition coefficient (Wildman–Crippen LogP) is 6.29. The highest BCUT2D eigenvalue weighted by Crippen LogP contribution is 2.47. The number of nitrogens with zero attached hydrogens (tertiary/aromatic N) is 4. The summed E-state index contributed by atoms with van der Waals surface area (Å²) < 4.78 is 65.0. The molecule has 7 rings (SSSR count). The zero-order chi connectivity index (χ0) is 33.6. The largest absolute Gasteiger partial charge is 0.473 e. The van der Waals surface area contributed by atoms with Crippen LogP contribution in [0.4, 0.5) is 8.78 Å². The van der Waals surface area contributed by atoms with Gasteiger partial charge in [0.25, 0.3) is 0 Å². The molecule has 0 saturated heterocycles. The predicted molar refractivity (Wildman–Crippen MR) is 175 cm³/mol. The molecule has 3 aromatic carbocycles. The molecular weight excluding hydrogens is 636 g/mol. The van der Waals surface area contributed by atoms with Crippen molar-refractivity contribution in [3.8, 4) is 23.2 Å². The van der Waals surface area contributed by atoms with Gasteiger partial charge in [-0.25, -0.2) is 27.2 Å². The van der Waals surface area contributed by atoms with Crippen LogP contribution >= 0.6 is 0 Å². The van der Waals surface area contributed by atoms with E-state index < -0.39 is 33.1 Å². The lowest BCUT2D eigenvalue weighted by molar-refractivity contribution is 0.166. The van der Waals surface area contributed by atoms with E-state index in [1.54, 1.807) is 48.5 Å². The Kier molecular flexibility index (Phi) is 8.23. The van der Waals surface area contributed by atoms with Gasteiger partial charge in [-0.1, -0.05) is 37.3 Å². The van der Waals surface area contributed by atoms with Crippen LogP contribution in [0.3, 0.4) is 0 Å². The Balaban J connectivity index is 1.11. The maximum atomic E-state index is 15.7. The summed E-state index contributed by atoms with van der Waals surface area (Å²) in [7, 11) is -3.60. The number of pyridine rings is 1. The number of aliphatic hydroxyl groups excluding tert-OH is 1. The lowest BCUT2D eigenvalue weighted by atomic mass is 10.0. The van der Waals surface area contributed by atoms with E-state index in [0.717, 1.165) is 24.4 Å². The van der Waals surface area contributed by atoms with Gasteiger partial charge in [-0.05, 0) is 78.6 Å². The SMILES string of the molecule is CC1(Cn2c(Cc3ccc(-c4cccc(OCc5ccc(C#N)cc5F)n4)cc3F)nc3ccc(C(O)NS(=O)(=O)C4CC4)cc32)CC1. The highest BCUT2D eigenvalue weighted by molar-refractivity contribution is 7.90. The monoisotopic (exact) mass is 669 g/mol. The molecule has 246 valence electrons. The van der Waals surface area contributed by atoms with Crippen molar-refractivity contribution in [2.45, 2.75) is 63.7 Å². The number of nitrogens with one attached hydrogen (secondary N) is 1. The number of hydrogen-bond donors (Lipinski definition) is 2. The van der Waals surface area contributed by atoms with Crippen LogP contribution in [0.5, 0.6) is 5.88 Å². The first-order chi connectivity index (χ1) is 23.0. The van der Waals surface area contributed by atoms with Crippen LogP contribution in [0.15, 0.2) is 72.8 Å². The second kappa shape index (κ2) is 12.4. The molecule has 9 nitrogen and oxygen atoms in total. The third-order valence-electron chi connectivity index (χ3n) is 9.03. The number of aliphatic hydroxyl groups is 1. The Labute approximate surface area is 276 Å². The van der Waals surface area contributed by atoms with Gasteiger partial charge in [0.05, 0.1) is 33.6 Å². The first-order valence-corrected chi connectivity index (χ1v) is 17.3. The lowest BCUT2D eigenvalue weighted by Gasteiger charge is -2.16. The molecule has 2 saturated carbocycles. The normalized spacial score (nSPS) is 16.1. The van der Waals surface area contributed by atoms with Crippen LogP contribution in [0.2, 0.25) is 0 Å². The van der Waals surface area contributed by atoms with E-state index in [1.165, 1.54) is 18.2 Å². The average Bonchev–Trinajstić information content (AvgIpc) is 4.01. The Hall–Kier alpha value is -4.70. The van der Waals surface area contributed by atoms with Gasteiger partial charge >= 0.3 is 0 Å². The minimum atomic E-state index is -3.60. The van der Waals surface area contributed by atoms with Gasteiger partial charge in [0, 0.05) is 30.2 Å². The zero-order valence-corrected chi connectivity index (χ0v) is 27.0. The molecule has 48 heavy (non-hydrogen) atoms. The van der Waals surface area contributed by atoms with E-state index in [1.807, 2.05) is 6.07 Å². The first kappa shape index (κ1) is 31.9. The molecule has 2 aromatic heterocycles. The number of ether oxygens (including phenoxy) is 1. The van der Waals surface area contributed by atoms with E-state index in [2.05, 4.69) is 21.2 Å². The van der Waals surface area contributed by atoms with Crippen LogP contribution in [0.25, 0.3) is 22.3 Å². The molecule has 12 heteroatoms. The van der Waals surface area contributed by atoms with Gasteiger partial charge in [0.15, 0.2) is 0 Å². The van der Waals surface area contributed by atoms with Gasteiger partial charge in [-0.3, -0.25) is 0 Å². The van der Waals surface area contributed by atoms with Crippen LogP contribution < -0.4 is 9.46 Å². The Morgan fingerprint density at radius 2 is 1.81 bits per heavy atom. The fourth-order valence-electron chi connectivity index (χ4n) is 5.68. The minimum absolute atomic E-state index is 0.0809. The number of nitriles is 1. The Morgan fingerprint density at radius 3 is 2.52 bits per heavy atom. The van der Waals surface area contributed by atoms with Gasteiger partial charge < -0.3 is 14.4 Å². The summed E-state index contributed by atoms with van der Waals surface area (Å²) in [5.74, 6) is -0.0644. The number of aromatic nitrogens is 3. The van der Waals surface area contributed by atoms with Crippen LogP contribution in [-0.4, -0.2) is 33.3 Å². The Bertz CT molecular complexity index is 2190. The van der Waals surface area contributed by atoms with Crippen molar-refractivity contribution < 1.29 is 27.0 Å². The van der Waals surface area contributed by atoms with Crippen molar-refractivity contribution >= 4 is 21.1 Å². The summed E-state index contributed by atoms with van der Waals surface area (Å²) in [6.07, 6.45) is 2.12. The van der Waals surface area contributed by atoms with Crippen molar-refractivity contribution in [1.82, 2.24) is 19.3 Å². The highest BCUT2D eigenvalue weighted by Gasteiger charge is 2.39.